The van der Waals surface area contributed by atoms with Crippen molar-refractivity contribution in [2.24, 2.45) is 0 Å². The highest BCUT2D eigenvalue weighted by Crippen LogP contribution is 2.45. The van der Waals surface area contributed by atoms with E-state index in [0.717, 1.165) is 173 Å². The Balaban J connectivity index is 5.49. The van der Waals surface area contributed by atoms with Crippen molar-refractivity contribution in [3.8, 4) is 0 Å². The number of hydrogen-bond acceptors (Lipinski definition) is 15. The molecule has 0 rings (SSSR count). The van der Waals surface area contributed by atoms with Gasteiger partial charge in [0, 0.05) is 25.7 Å². The Hall–Kier alpha value is -5.84. The summed E-state index contributed by atoms with van der Waals surface area (Å²) in [4.78, 5) is 73.0. The zero-order valence-electron chi connectivity index (χ0n) is 65.5. The van der Waals surface area contributed by atoms with Crippen LogP contribution in [0.2, 0.25) is 0 Å². The van der Waals surface area contributed by atoms with Crippen molar-refractivity contribution < 1.29 is 80.2 Å². The number of carbonyl (C=O) groups is 4. The molecule has 0 amide bonds. The topological polar surface area (TPSA) is 237 Å². The molecule has 106 heavy (non-hydrogen) atoms. The predicted molar refractivity (Wildman–Crippen MR) is 436 cm³/mol. The summed E-state index contributed by atoms with van der Waals surface area (Å²) in [7, 11) is -10.0. The molecule has 0 aliphatic rings. The zero-order valence-corrected chi connectivity index (χ0v) is 67.3. The van der Waals surface area contributed by atoms with Crippen molar-refractivity contribution >= 4 is 39.5 Å². The predicted octanol–water partition coefficient (Wildman–Crippen LogP) is 23.6. The molecule has 600 valence electrons. The van der Waals surface area contributed by atoms with E-state index in [0.29, 0.717) is 32.1 Å². The zero-order chi connectivity index (χ0) is 77.4. The molecule has 0 spiro atoms. The van der Waals surface area contributed by atoms with Gasteiger partial charge in [0.25, 0.3) is 0 Å². The lowest BCUT2D eigenvalue weighted by Gasteiger charge is -2.21. The van der Waals surface area contributed by atoms with E-state index in [1.807, 2.05) is 18.2 Å². The number of aliphatic hydroxyl groups is 1. The first-order valence-corrected chi connectivity index (χ1v) is 43.0. The molecule has 17 nitrogen and oxygen atoms in total. The van der Waals surface area contributed by atoms with Crippen LogP contribution in [0.25, 0.3) is 0 Å². The van der Waals surface area contributed by atoms with Crippen molar-refractivity contribution in [2.45, 2.75) is 303 Å². The average molecular weight is 1520 g/mol. The molecular formula is C87H140O17P2. The van der Waals surface area contributed by atoms with Gasteiger partial charge in [0.2, 0.25) is 0 Å². The van der Waals surface area contributed by atoms with Crippen LogP contribution >= 0.6 is 15.6 Å². The minimum Gasteiger partial charge on any atom is -0.462 e. The monoisotopic (exact) mass is 1520 g/mol. The van der Waals surface area contributed by atoms with Gasteiger partial charge in [-0.25, -0.2) is 9.13 Å². The summed E-state index contributed by atoms with van der Waals surface area (Å²) in [6.07, 6.45) is 93.1. The van der Waals surface area contributed by atoms with Crippen LogP contribution in [0.3, 0.4) is 0 Å². The molecule has 0 heterocycles. The van der Waals surface area contributed by atoms with E-state index in [2.05, 4.69) is 192 Å². The summed E-state index contributed by atoms with van der Waals surface area (Å²) in [6.45, 7) is 4.35. The molecule has 5 unspecified atom stereocenters. The number of ether oxygens (including phenoxy) is 4. The maximum absolute atomic E-state index is 13.1. The quantitative estimate of drug-likeness (QED) is 0.0169. The van der Waals surface area contributed by atoms with Gasteiger partial charge in [-0.15, -0.1) is 0 Å². The first kappa shape index (κ1) is 100. The minimum atomic E-state index is -5.01. The highest BCUT2D eigenvalue weighted by atomic mass is 31.2. The highest BCUT2D eigenvalue weighted by Gasteiger charge is 2.30. The summed E-state index contributed by atoms with van der Waals surface area (Å²) < 4.78 is 68.5. The molecular weight excluding hydrogens is 1380 g/mol. The number of rotatable bonds is 73. The van der Waals surface area contributed by atoms with Gasteiger partial charge < -0.3 is 33.8 Å². The largest absolute Gasteiger partial charge is 0.472 e. The van der Waals surface area contributed by atoms with Gasteiger partial charge in [0.15, 0.2) is 12.2 Å². The van der Waals surface area contributed by atoms with Crippen LogP contribution < -0.4 is 0 Å². The first-order valence-electron chi connectivity index (χ1n) is 40.0. The number of unbranched alkanes of at least 4 members (excludes halogenated alkanes) is 17. The van der Waals surface area contributed by atoms with E-state index >= 15 is 0 Å². The maximum Gasteiger partial charge on any atom is 0.472 e. The van der Waals surface area contributed by atoms with Crippen molar-refractivity contribution in [1.29, 1.82) is 0 Å². The van der Waals surface area contributed by atoms with E-state index in [1.165, 1.54) is 25.7 Å². The van der Waals surface area contributed by atoms with Crippen molar-refractivity contribution in [3.63, 3.8) is 0 Å². The number of hydrogen-bond donors (Lipinski definition) is 3. The van der Waals surface area contributed by atoms with Gasteiger partial charge in [-0.3, -0.25) is 37.3 Å². The van der Waals surface area contributed by atoms with Gasteiger partial charge in [0.05, 0.1) is 26.4 Å². The number of allylic oxidation sites excluding steroid dienone is 30. The summed E-state index contributed by atoms with van der Waals surface area (Å²) in [5.74, 6) is -2.35. The summed E-state index contributed by atoms with van der Waals surface area (Å²) in [5, 5.41) is 10.6. The Morgan fingerprint density at radius 1 is 0.274 bits per heavy atom. The Morgan fingerprint density at radius 2 is 0.509 bits per heavy atom. The second-order valence-electron chi connectivity index (χ2n) is 25.9. The molecule has 5 atom stereocenters. The Labute approximate surface area is 641 Å². The number of aliphatic hydroxyl groups excluding tert-OH is 1. The van der Waals surface area contributed by atoms with Crippen molar-refractivity contribution in [2.75, 3.05) is 39.6 Å². The molecule has 0 aromatic rings. The fourth-order valence-electron chi connectivity index (χ4n) is 9.87. The number of phosphoric acid groups is 2. The minimum absolute atomic E-state index is 0.0279. The van der Waals surface area contributed by atoms with Crippen molar-refractivity contribution in [1.82, 2.24) is 0 Å². The van der Waals surface area contributed by atoms with E-state index in [9.17, 15) is 43.2 Å². The van der Waals surface area contributed by atoms with Gasteiger partial charge in [-0.2, -0.15) is 0 Å². The summed E-state index contributed by atoms with van der Waals surface area (Å²) in [5.41, 5.74) is 0. The highest BCUT2D eigenvalue weighted by molar-refractivity contribution is 7.47. The summed E-state index contributed by atoms with van der Waals surface area (Å²) >= 11 is 0. The molecule has 0 fully saturated rings. The van der Waals surface area contributed by atoms with Crippen LogP contribution in [0.5, 0.6) is 0 Å². The van der Waals surface area contributed by atoms with E-state index in [-0.39, 0.29) is 25.7 Å². The van der Waals surface area contributed by atoms with Crippen LogP contribution in [0, 0.1) is 0 Å². The van der Waals surface area contributed by atoms with Crippen LogP contribution in [0.1, 0.15) is 285 Å². The van der Waals surface area contributed by atoms with Crippen LogP contribution in [-0.4, -0.2) is 96.7 Å². The molecule has 3 N–H and O–H groups in total. The van der Waals surface area contributed by atoms with E-state index in [1.54, 1.807) is 0 Å². The fourth-order valence-corrected chi connectivity index (χ4v) is 11.4. The number of carbonyl (C=O) groups excluding carboxylic acids is 4. The normalized spacial score (nSPS) is 14.8. The molecule has 0 aromatic heterocycles. The molecule has 0 bridgehead atoms. The Morgan fingerprint density at radius 3 is 0.821 bits per heavy atom. The second-order valence-corrected chi connectivity index (χ2v) is 28.8. The molecule has 19 heteroatoms. The SMILES string of the molecule is CC/C=C\C/C=C\C/C=C\C/C=C\C/C=C\C/C=C\CCC(=O)OCC(COP(=O)(O)OCC(O)COP(=O)(O)OCC(COC(=O)CCCCCC/C=C\C/C=C\C/C=C\C/C=C\CC)OC(=O)CCCCCC/C=C\C/C=C\C/C=C\C/C=C\CC)OC(=O)CCCCCCC/C=C\CCCCCC. The smallest absolute Gasteiger partial charge is 0.462 e. The Bertz CT molecular complexity index is 2730. The molecule has 0 saturated heterocycles. The third kappa shape index (κ3) is 76.4. The number of esters is 4. The first-order chi connectivity index (χ1) is 51.7. The molecule has 0 aromatic carbocycles. The third-order valence-electron chi connectivity index (χ3n) is 15.9. The lowest BCUT2D eigenvalue weighted by Crippen LogP contribution is -2.30. The third-order valence-corrected chi connectivity index (χ3v) is 17.8. The molecule has 0 saturated carbocycles. The average Bonchev–Trinajstić information content (AvgIpc) is 0.900. The van der Waals surface area contributed by atoms with Gasteiger partial charge in [-0.05, 0) is 167 Å². The summed E-state index contributed by atoms with van der Waals surface area (Å²) in [6, 6.07) is 0. The van der Waals surface area contributed by atoms with E-state index in [4.69, 9.17) is 37.0 Å². The van der Waals surface area contributed by atoms with Crippen LogP contribution in [0.4, 0.5) is 0 Å². The number of phosphoric ester groups is 2. The van der Waals surface area contributed by atoms with Gasteiger partial charge >= 0.3 is 39.5 Å². The molecule has 0 radical (unpaired) electrons. The standard InChI is InChI=1S/C87H140O17P2/c1-5-9-13-17-21-25-29-33-36-39-40-43-45-49-52-56-60-64-68-72-85(90)97-77-82(103-86(91)73-69-65-61-57-53-47-32-28-24-20-16-12-8-4)79-101-105(93,94)99-75-81(88)76-100-106(95,96)102-80-83(104-87(92)74-70-66-62-58-54-50-46-42-38-35-31-27-23-19-15-11-7-3)78-98-84(89)71-67-63-59-55-51-48-44-41-37-34-30-26-22-18-14-10-6-2/h9-11,13-15,21-23,25-28,32-38,40,43-44,46,48-50,52,60,64,81-83,88H,5-8,12,16-20,24,29-31,39,41-42,45,47,51,53-59,61-63,65-80H2,1-4H3,(H,93,94)(H,95,96)/b13-9-,14-10-,15-11-,25-21-,26-22-,27-23-,32-28-,36-33-,37-34-,38-35-,43-40-,48-44-,50-46-,52-49-,64-60-. The van der Waals surface area contributed by atoms with E-state index < -0.39 is 97.5 Å². The van der Waals surface area contributed by atoms with Crippen LogP contribution in [-0.2, 0) is 65.4 Å². The fraction of sp³-hybridized carbons (Fsp3) is 0.609. The van der Waals surface area contributed by atoms with Crippen molar-refractivity contribution in [3.05, 3.63) is 182 Å². The van der Waals surface area contributed by atoms with Crippen LogP contribution in [0.15, 0.2) is 182 Å². The molecule has 0 aliphatic heterocycles. The lowest BCUT2D eigenvalue weighted by molar-refractivity contribution is -0.161. The molecule has 0 aliphatic carbocycles. The van der Waals surface area contributed by atoms with Gasteiger partial charge in [0.1, 0.15) is 19.3 Å². The Kier molecular flexibility index (Phi) is 73.1. The lowest BCUT2D eigenvalue weighted by atomic mass is 10.1. The maximum atomic E-state index is 13.1. The second kappa shape index (κ2) is 77.3. The van der Waals surface area contributed by atoms with Gasteiger partial charge in [-0.1, -0.05) is 274 Å².